The van der Waals surface area contributed by atoms with Crippen LogP contribution in [-0.4, -0.2) is 15.1 Å². The van der Waals surface area contributed by atoms with Crippen molar-refractivity contribution in [2.24, 2.45) is 11.8 Å². The highest BCUT2D eigenvalue weighted by atomic mass is 16.3. The summed E-state index contributed by atoms with van der Waals surface area (Å²) in [5.74, 6) is 0.408. The van der Waals surface area contributed by atoms with Crippen molar-refractivity contribution in [3.63, 3.8) is 0 Å². The zero-order chi connectivity index (χ0) is 23.0. The molecule has 0 spiro atoms. The summed E-state index contributed by atoms with van der Waals surface area (Å²) in [6.45, 7) is 0. The Morgan fingerprint density at radius 1 is 0.735 bits per heavy atom. The Hall–Kier alpha value is -3.82. The van der Waals surface area contributed by atoms with E-state index in [2.05, 4.69) is 41.4 Å². The monoisotopic (exact) mass is 442 g/mol. The van der Waals surface area contributed by atoms with Gasteiger partial charge in [0.15, 0.2) is 5.60 Å². The molecule has 2 aromatic carbocycles. The highest BCUT2D eigenvalue weighted by Gasteiger charge is 2.49. The van der Waals surface area contributed by atoms with Crippen LogP contribution in [0.5, 0.6) is 0 Å². The van der Waals surface area contributed by atoms with E-state index in [1.165, 1.54) is 16.7 Å². The molecule has 1 N–H and O–H groups in total. The largest absolute Gasteiger partial charge is 0.375 e. The summed E-state index contributed by atoms with van der Waals surface area (Å²) in [6, 6.07) is 32.4. The number of hydrogen-bond donors (Lipinski definition) is 1. The van der Waals surface area contributed by atoms with Gasteiger partial charge in [-0.1, -0.05) is 78.9 Å². The van der Waals surface area contributed by atoms with Gasteiger partial charge in [-0.3, -0.25) is 9.97 Å². The Bertz CT molecular complexity index is 1260. The second kappa shape index (κ2) is 8.51. The smallest absolute Gasteiger partial charge is 0.153 e. The van der Waals surface area contributed by atoms with E-state index in [9.17, 15) is 5.11 Å². The number of allylic oxidation sites excluding steroid dienone is 2. The van der Waals surface area contributed by atoms with E-state index in [0.29, 0.717) is 5.69 Å². The third-order valence-corrected chi connectivity index (χ3v) is 7.21. The number of aliphatic hydroxyl groups is 1. The molecular formula is C31H26N2O. The van der Waals surface area contributed by atoms with Crippen LogP contribution in [0.3, 0.4) is 0 Å². The number of aromatic nitrogens is 2. The summed E-state index contributed by atoms with van der Waals surface area (Å²) in [4.78, 5) is 9.37. The first-order valence-corrected chi connectivity index (χ1v) is 11.9. The first-order chi connectivity index (χ1) is 16.8. The van der Waals surface area contributed by atoms with E-state index in [1.807, 2.05) is 72.9 Å². The number of rotatable bonds is 5. The van der Waals surface area contributed by atoms with Gasteiger partial charge in [0.1, 0.15) is 0 Å². The van der Waals surface area contributed by atoms with Crippen LogP contribution in [0.1, 0.15) is 35.4 Å². The summed E-state index contributed by atoms with van der Waals surface area (Å²) in [5.41, 5.74) is 5.98. The van der Waals surface area contributed by atoms with Crippen LogP contribution in [0.15, 0.2) is 127 Å². The van der Waals surface area contributed by atoms with E-state index in [-0.39, 0.29) is 11.8 Å². The molecule has 3 nitrogen and oxygen atoms in total. The van der Waals surface area contributed by atoms with Crippen LogP contribution >= 0.6 is 0 Å². The molecule has 6 rings (SSSR count). The Labute approximate surface area is 200 Å². The lowest BCUT2D eigenvalue weighted by molar-refractivity contribution is 0.106. The minimum atomic E-state index is -1.28. The number of pyridine rings is 2. The minimum Gasteiger partial charge on any atom is -0.375 e. The van der Waals surface area contributed by atoms with Gasteiger partial charge >= 0.3 is 0 Å². The molecule has 2 aliphatic rings. The van der Waals surface area contributed by atoms with E-state index < -0.39 is 5.60 Å². The number of hydrogen-bond acceptors (Lipinski definition) is 3. The maximum atomic E-state index is 12.4. The molecule has 0 amide bonds. The van der Waals surface area contributed by atoms with Crippen molar-refractivity contribution in [3.8, 4) is 0 Å². The van der Waals surface area contributed by atoms with Gasteiger partial charge in [-0.2, -0.15) is 0 Å². The molecule has 4 aromatic rings. The van der Waals surface area contributed by atoms with E-state index >= 15 is 0 Å². The lowest BCUT2D eigenvalue weighted by atomic mass is 9.76. The number of benzene rings is 2. The molecule has 0 saturated heterocycles. The predicted octanol–water partition coefficient (Wildman–Crippen LogP) is 6.18. The van der Waals surface area contributed by atoms with E-state index in [4.69, 9.17) is 4.98 Å². The third-order valence-electron chi connectivity index (χ3n) is 7.21. The van der Waals surface area contributed by atoms with Crippen molar-refractivity contribution >= 4 is 5.57 Å². The van der Waals surface area contributed by atoms with Crippen molar-refractivity contribution in [2.75, 3.05) is 0 Å². The van der Waals surface area contributed by atoms with Gasteiger partial charge in [-0.05, 0) is 65.3 Å². The first kappa shape index (κ1) is 20.8. The molecule has 2 heterocycles. The minimum absolute atomic E-state index is 0.134. The van der Waals surface area contributed by atoms with Crippen LogP contribution in [0.25, 0.3) is 5.57 Å². The Morgan fingerprint density at radius 3 is 2.09 bits per heavy atom. The molecule has 3 unspecified atom stereocenters. The van der Waals surface area contributed by atoms with Crippen molar-refractivity contribution in [3.05, 3.63) is 149 Å². The summed E-state index contributed by atoms with van der Waals surface area (Å²) in [5, 5.41) is 12.4. The standard InChI is InChI=1S/C31H26N2O/c34-31(24-13-5-2-6-14-24,28-16-8-10-20-33-28)26-21-23-17-18-25(26)29(23)30(22-11-3-1-4-12-22)27-15-7-9-19-32-27/h1-16,19-21,23,25,34H,17-18H2. The fourth-order valence-electron chi connectivity index (χ4n) is 5.77. The van der Waals surface area contributed by atoms with Crippen LogP contribution in [0.4, 0.5) is 0 Å². The first-order valence-electron chi connectivity index (χ1n) is 11.9. The molecule has 2 bridgehead atoms. The zero-order valence-corrected chi connectivity index (χ0v) is 18.9. The fraction of sp³-hybridized carbons (Fsp3) is 0.161. The van der Waals surface area contributed by atoms with Crippen LogP contribution < -0.4 is 0 Å². The van der Waals surface area contributed by atoms with Crippen molar-refractivity contribution in [2.45, 2.75) is 18.4 Å². The average Bonchev–Trinajstić information content (AvgIpc) is 3.49. The summed E-state index contributed by atoms with van der Waals surface area (Å²) in [7, 11) is 0. The molecule has 3 atom stereocenters. The number of fused-ring (bicyclic) bond motifs is 2. The van der Waals surface area contributed by atoms with Gasteiger partial charge in [0.25, 0.3) is 0 Å². The molecule has 166 valence electrons. The highest BCUT2D eigenvalue weighted by molar-refractivity contribution is 5.83. The molecule has 1 fully saturated rings. The molecule has 0 radical (unpaired) electrons. The average molecular weight is 443 g/mol. The van der Waals surface area contributed by atoms with Crippen molar-refractivity contribution in [1.82, 2.24) is 9.97 Å². The second-order valence-electron chi connectivity index (χ2n) is 9.06. The normalized spacial score (nSPS) is 22.2. The lowest BCUT2D eigenvalue weighted by Gasteiger charge is -2.34. The Kier molecular flexibility index (Phi) is 5.20. The summed E-state index contributed by atoms with van der Waals surface area (Å²) >= 11 is 0. The zero-order valence-electron chi connectivity index (χ0n) is 18.9. The van der Waals surface area contributed by atoms with Gasteiger partial charge in [-0.25, -0.2) is 0 Å². The summed E-state index contributed by atoms with van der Waals surface area (Å²) < 4.78 is 0. The van der Waals surface area contributed by atoms with Crippen molar-refractivity contribution in [1.29, 1.82) is 0 Å². The van der Waals surface area contributed by atoms with Gasteiger partial charge in [0.2, 0.25) is 0 Å². The lowest BCUT2D eigenvalue weighted by Crippen LogP contribution is -2.33. The maximum Gasteiger partial charge on any atom is 0.153 e. The number of nitrogens with zero attached hydrogens (tertiary/aromatic N) is 2. The second-order valence-corrected chi connectivity index (χ2v) is 9.06. The quantitative estimate of drug-likeness (QED) is 0.375. The van der Waals surface area contributed by atoms with E-state index in [1.54, 1.807) is 6.20 Å². The summed E-state index contributed by atoms with van der Waals surface area (Å²) in [6.07, 6.45) is 8.02. The topological polar surface area (TPSA) is 46.0 Å². The predicted molar refractivity (Wildman–Crippen MR) is 135 cm³/mol. The molecule has 2 aliphatic carbocycles. The molecule has 34 heavy (non-hydrogen) atoms. The van der Waals surface area contributed by atoms with Crippen molar-refractivity contribution < 1.29 is 5.11 Å². The van der Waals surface area contributed by atoms with Crippen LogP contribution in [0.2, 0.25) is 0 Å². The van der Waals surface area contributed by atoms with Gasteiger partial charge in [0, 0.05) is 23.9 Å². The van der Waals surface area contributed by atoms with E-state index in [0.717, 1.165) is 29.7 Å². The van der Waals surface area contributed by atoms with Gasteiger partial charge < -0.3 is 5.11 Å². The fourth-order valence-corrected chi connectivity index (χ4v) is 5.77. The van der Waals surface area contributed by atoms with Crippen LogP contribution in [-0.2, 0) is 5.60 Å². The maximum absolute atomic E-state index is 12.4. The Balaban J connectivity index is 1.56. The SMILES string of the molecule is OC(C1=CC2CCC1C2=C(c1ccccc1)c1ccccn1)(c1ccccc1)c1ccccn1. The Morgan fingerprint density at radius 2 is 1.41 bits per heavy atom. The molecule has 3 heteroatoms. The van der Waals surface area contributed by atoms with Gasteiger partial charge in [0.05, 0.1) is 11.4 Å². The van der Waals surface area contributed by atoms with Crippen LogP contribution in [0, 0.1) is 11.8 Å². The molecular weight excluding hydrogens is 416 g/mol. The molecule has 0 aliphatic heterocycles. The van der Waals surface area contributed by atoms with Gasteiger partial charge in [-0.15, -0.1) is 0 Å². The molecule has 2 aromatic heterocycles. The highest BCUT2D eigenvalue weighted by Crippen LogP contribution is 2.57. The molecule has 1 saturated carbocycles. The third kappa shape index (κ3) is 3.32.